The molecule has 3 N–H and O–H groups in total. The molecule has 37 heavy (non-hydrogen) atoms. The van der Waals surface area contributed by atoms with Crippen molar-refractivity contribution in [1.29, 1.82) is 0 Å². The number of hydrazine groups is 1. The summed E-state index contributed by atoms with van der Waals surface area (Å²) in [7, 11) is -4.16. The van der Waals surface area contributed by atoms with Crippen molar-refractivity contribution in [3.05, 3.63) is 65.4 Å². The van der Waals surface area contributed by atoms with Crippen LogP contribution in [0, 0.1) is 5.92 Å². The molecule has 3 rings (SSSR count). The third kappa shape index (κ3) is 7.11. The van der Waals surface area contributed by atoms with Gasteiger partial charge in [0.15, 0.2) is 0 Å². The molecular formula is C27H35N3O6S. The van der Waals surface area contributed by atoms with Gasteiger partial charge in [-0.25, -0.2) is 27.7 Å². The number of carboxylic acid groups (broad SMARTS) is 1. The van der Waals surface area contributed by atoms with Gasteiger partial charge in [-0.2, -0.15) is 0 Å². The normalized spacial score (nSPS) is 16.1. The molecule has 2 aromatic rings. The molecule has 1 amide bonds. The smallest absolute Gasteiger partial charge is 0.421 e. The van der Waals surface area contributed by atoms with Crippen LogP contribution in [0.25, 0.3) is 11.1 Å². The number of amides is 1. The Morgan fingerprint density at radius 3 is 2.43 bits per heavy atom. The molecule has 1 aliphatic rings. The summed E-state index contributed by atoms with van der Waals surface area (Å²) in [6.07, 6.45) is 1.40. The van der Waals surface area contributed by atoms with Crippen molar-refractivity contribution in [2.75, 3.05) is 13.2 Å². The Hall–Kier alpha value is -3.37. The highest BCUT2D eigenvalue weighted by molar-refractivity contribution is 7.90. The number of carbonyl (C=O) groups is 2. The molecule has 9 nitrogen and oxygen atoms in total. The fraction of sp³-hybridized carbons (Fsp3) is 0.407. The van der Waals surface area contributed by atoms with Gasteiger partial charge in [-0.05, 0) is 42.9 Å². The molecule has 0 radical (unpaired) electrons. The Labute approximate surface area is 218 Å². The van der Waals surface area contributed by atoms with Crippen molar-refractivity contribution < 1.29 is 27.9 Å². The number of carboxylic acids is 1. The van der Waals surface area contributed by atoms with Gasteiger partial charge < -0.3 is 15.3 Å². The van der Waals surface area contributed by atoms with Crippen molar-refractivity contribution in [2.24, 2.45) is 5.92 Å². The molecule has 200 valence electrons. The molecule has 2 aromatic carbocycles. The second-order valence-electron chi connectivity index (χ2n) is 9.51. The summed E-state index contributed by atoms with van der Waals surface area (Å²) in [5, 5.41) is 11.8. The van der Waals surface area contributed by atoms with Gasteiger partial charge in [0.2, 0.25) is 0 Å². The zero-order chi connectivity index (χ0) is 27.2. The summed E-state index contributed by atoms with van der Waals surface area (Å²) in [4.78, 5) is 23.9. The zero-order valence-corrected chi connectivity index (χ0v) is 22.5. The predicted octanol–water partition coefficient (Wildman–Crippen LogP) is 4.31. The molecular weight excluding hydrogens is 494 g/mol. The van der Waals surface area contributed by atoms with E-state index in [4.69, 9.17) is 4.74 Å². The van der Waals surface area contributed by atoms with Crippen LogP contribution in [0.1, 0.15) is 46.1 Å². The number of sulfonamides is 1. The quantitative estimate of drug-likeness (QED) is 0.393. The maximum Gasteiger partial charge on any atom is 0.421 e. The van der Waals surface area contributed by atoms with Crippen molar-refractivity contribution >= 4 is 22.1 Å². The summed E-state index contributed by atoms with van der Waals surface area (Å²) in [5.74, 6) is -0.867. The zero-order valence-electron chi connectivity index (χ0n) is 21.7. The van der Waals surface area contributed by atoms with Crippen LogP contribution >= 0.6 is 0 Å². The number of aliphatic carboxylic acids is 1. The monoisotopic (exact) mass is 529 g/mol. The third-order valence-electron chi connectivity index (χ3n) is 6.04. The second-order valence-corrected chi connectivity index (χ2v) is 11.2. The number of nitrogens with zero attached hydrogens (tertiary/aromatic N) is 1. The first-order valence-electron chi connectivity index (χ1n) is 12.4. The number of allylic oxidation sites excluding steroid dienone is 1. The summed E-state index contributed by atoms with van der Waals surface area (Å²) < 4.78 is 32.8. The molecule has 1 heterocycles. The van der Waals surface area contributed by atoms with Crippen LogP contribution in [0.3, 0.4) is 0 Å². The molecule has 1 atom stereocenters. The number of nitrogens with one attached hydrogen (secondary N) is 2. The summed E-state index contributed by atoms with van der Waals surface area (Å²) in [6, 6.07) is 13.4. The van der Waals surface area contributed by atoms with Gasteiger partial charge >= 0.3 is 12.1 Å². The fourth-order valence-electron chi connectivity index (χ4n) is 4.23. The number of hydrogen-bond acceptors (Lipinski definition) is 7. The van der Waals surface area contributed by atoms with Crippen molar-refractivity contribution in [1.82, 2.24) is 15.2 Å². The summed E-state index contributed by atoms with van der Waals surface area (Å²) in [6.45, 7) is 8.40. The second kappa shape index (κ2) is 12.2. The Balaban J connectivity index is 1.82. The van der Waals surface area contributed by atoms with Crippen LogP contribution in [0.4, 0.5) is 4.79 Å². The lowest BCUT2D eigenvalue weighted by Gasteiger charge is -2.26. The topological polar surface area (TPSA) is 125 Å². The minimum atomic E-state index is -4.16. The van der Waals surface area contributed by atoms with Crippen molar-refractivity contribution in [3.63, 3.8) is 0 Å². The number of unbranched alkanes of at least 4 members (excludes halogenated alkanes) is 1. The molecule has 0 fully saturated rings. The molecule has 0 bridgehead atoms. The molecule has 0 aromatic heterocycles. The Morgan fingerprint density at radius 1 is 1.14 bits per heavy atom. The van der Waals surface area contributed by atoms with Crippen LogP contribution in [-0.4, -0.2) is 49.8 Å². The highest BCUT2D eigenvalue weighted by atomic mass is 32.2. The van der Waals surface area contributed by atoms with Crippen LogP contribution in [0.2, 0.25) is 0 Å². The minimum Gasteiger partial charge on any atom is -0.478 e. The Bertz CT molecular complexity index is 1260. The first kappa shape index (κ1) is 28.2. The Morgan fingerprint density at radius 2 is 1.81 bits per heavy atom. The first-order valence-corrected chi connectivity index (χ1v) is 13.9. The van der Waals surface area contributed by atoms with Crippen LogP contribution in [0.15, 0.2) is 64.7 Å². The summed E-state index contributed by atoms with van der Waals surface area (Å²) >= 11 is 0. The lowest BCUT2D eigenvalue weighted by Crippen LogP contribution is -2.41. The maximum absolute atomic E-state index is 12.9. The van der Waals surface area contributed by atoms with Crippen molar-refractivity contribution in [3.8, 4) is 11.1 Å². The summed E-state index contributed by atoms with van der Waals surface area (Å²) in [5.41, 5.74) is 6.21. The van der Waals surface area contributed by atoms with E-state index in [1.54, 1.807) is 37.3 Å². The molecule has 0 saturated heterocycles. The standard InChI is InChI=1S/C27H35N3O6S/c1-5-6-15-30-23(25(26(31)32)19(4)28-30)16-20-11-13-21(14-12-20)22-9-7-8-10-24(22)37(34,35)29-27(33)36-17-18(2)3/h7-14,18,23,28H,5-6,15-17H2,1-4H3,(H,29,33)(H,31,32). The van der Waals surface area contributed by atoms with E-state index in [0.29, 0.717) is 28.8 Å². The van der Waals surface area contributed by atoms with E-state index in [2.05, 4.69) is 12.3 Å². The van der Waals surface area contributed by atoms with Gasteiger partial charge in [0.1, 0.15) is 0 Å². The molecule has 0 aliphatic carbocycles. The Kier molecular flexibility index (Phi) is 9.34. The number of rotatable bonds is 11. The van der Waals surface area contributed by atoms with E-state index < -0.39 is 22.1 Å². The van der Waals surface area contributed by atoms with Gasteiger partial charge in [0.05, 0.1) is 23.1 Å². The average Bonchev–Trinajstić information content (AvgIpc) is 3.16. The largest absolute Gasteiger partial charge is 0.478 e. The number of carbonyl (C=O) groups excluding carboxylic acids is 1. The first-order chi connectivity index (χ1) is 17.5. The SMILES string of the molecule is CCCCN1NC(C)=C(C(=O)O)C1Cc1ccc(-c2ccccc2S(=O)(=O)NC(=O)OCC(C)C)cc1. The van der Waals surface area contributed by atoms with Crippen molar-refractivity contribution in [2.45, 2.75) is 57.9 Å². The molecule has 1 unspecified atom stereocenters. The van der Waals surface area contributed by atoms with Gasteiger partial charge in [-0.3, -0.25) is 0 Å². The van der Waals surface area contributed by atoms with Crippen LogP contribution < -0.4 is 10.1 Å². The van der Waals surface area contributed by atoms with Crippen LogP contribution in [-0.2, 0) is 26.0 Å². The minimum absolute atomic E-state index is 0.0401. The average molecular weight is 530 g/mol. The van der Waals surface area contributed by atoms with E-state index in [1.807, 2.05) is 35.7 Å². The highest BCUT2D eigenvalue weighted by Gasteiger charge is 2.34. The van der Waals surface area contributed by atoms with E-state index in [0.717, 1.165) is 24.9 Å². The number of ether oxygens (including phenoxy) is 1. The lowest BCUT2D eigenvalue weighted by atomic mass is 9.96. The number of hydrogen-bond donors (Lipinski definition) is 3. The highest BCUT2D eigenvalue weighted by Crippen LogP contribution is 2.29. The number of benzene rings is 2. The fourth-order valence-corrected chi connectivity index (χ4v) is 5.36. The third-order valence-corrected chi connectivity index (χ3v) is 7.41. The van der Waals surface area contributed by atoms with Crippen LogP contribution in [0.5, 0.6) is 0 Å². The van der Waals surface area contributed by atoms with E-state index in [1.165, 1.54) is 6.07 Å². The van der Waals surface area contributed by atoms with Gasteiger partial charge in [0.25, 0.3) is 10.0 Å². The van der Waals surface area contributed by atoms with Gasteiger partial charge in [-0.15, -0.1) is 0 Å². The van der Waals surface area contributed by atoms with Gasteiger partial charge in [-0.1, -0.05) is 69.7 Å². The molecule has 10 heteroatoms. The maximum atomic E-state index is 12.9. The lowest BCUT2D eigenvalue weighted by molar-refractivity contribution is -0.133. The molecule has 0 saturated carbocycles. The molecule has 0 spiro atoms. The van der Waals surface area contributed by atoms with Gasteiger partial charge in [0, 0.05) is 17.8 Å². The predicted molar refractivity (Wildman–Crippen MR) is 141 cm³/mol. The van der Waals surface area contributed by atoms with E-state index in [9.17, 15) is 23.1 Å². The van der Waals surface area contributed by atoms with E-state index >= 15 is 0 Å². The molecule has 1 aliphatic heterocycles. The van der Waals surface area contributed by atoms with E-state index in [-0.39, 0.29) is 23.5 Å².